The highest BCUT2D eigenvalue weighted by Gasteiger charge is 2.25. The molecule has 1 heterocycles. The van der Waals surface area contributed by atoms with Gasteiger partial charge in [-0.25, -0.2) is 0 Å². The van der Waals surface area contributed by atoms with E-state index in [1.54, 1.807) is 11.8 Å². The molecule has 0 spiro atoms. The Labute approximate surface area is 131 Å². The number of carboxylic acid groups (broad SMARTS) is 1. The Morgan fingerprint density at radius 1 is 1.33 bits per heavy atom. The van der Waals surface area contributed by atoms with E-state index in [0.717, 1.165) is 36.6 Å². The van der Waals surface area contributed by atoms with E-state index in [2.05, 4.69) is 4.90 Å². The Morgan fingerprint density at radius 3 is 2.48 bits per heavy atom. The van der Waals surface area contributed by atoms with Gasteiger partial charge in [-0.2, -0.15) is 0 Å². The minimum Gasteiger partial charge on any atom is -0.480 e. The Hall–Kier alpha value is -1.04. The van der Waals surface area contributed by atoms with Crippen molar-refractivity contribution in [2.75, 3.05) is 39.5 Å². The largest absolute Gasteiger partial charge is 0.480 e. The molecular formula is C16H24N2O2S. The average molecular weight is 308 g/mol. The highest BCUT2D eigenvalue weighted by molar-refractivity contribution is 7.98. The number of aliphatic carboxylic acids is 1. The molecule has 5 heteroatoms. The summed E-state index contributed by atoms with van der Waals surface area (Å²) in [6.45, 7) is 4.02. The molecule has 1 N–H and O–H groups in total. The zero-order valence-electron chi connectivity index (χ0n) is 12.8. The van der Waals surface area contributed by atoms with Crippen LogP contribution in [0, 0.1) is 0 Å². The molecule has 1 aliphatic heterocycles. The molecule has 1 aromatic rings. The first kappa shape index (κ1) is 16.3. The number of carbonyl (C=O) groups is 1. The second-order valence-corrected chi connectivity index (χ2v) is 6.42. The maximum atomic E-state index is 11.6. The Kier molecular flexibility index (Phi) is 6.08. The van der Waals surface area contributed by atoms with Gasteiger partial charge in [0.15, 0.2) is 0 Å². The third-order valence-electron chi connectivity index (χ3n) is 4.07. The predicted octanol–water partition coefficient (Wildman–Crippen LogP) is 2.56. The number of thioether (sulfide) groups is 1. The summed E-state index contributed by atoms with van der Waals surface area (Å²) in [6, 6.07) is 7.27. The Bertz CT molecular complexity index is 458. The number of benzene rings is 1. The van der Waals surface area contributed by atoms with E-state index >= 15 is 0 Å². The Balaban J connectivity index is 2.00. The highest BCUT2D eigenvalue weighted by Crippen LogP contribution is 2.23. The lowest BCUT2D eigenvalue weighted by Crippen LogP contribution is -2.37. The number of rotatable bonds is 7. The summed E-state index contributed by atoms with van der Waals surface area (Å²) < 4.78 is 0. The van der Waals surface area contributed by atoms with Crippen molar-refractivity contribution < 1.29 is 9.90 Å². The van der Waals surface area contributed by atoms with E-state index in [1.165, 1.54) is 12.8 Å². The molecule has 0 unspecified atom stereocenters. The monoisotopic (exact) mass is 308 g/mol. The molecule has 0 aliphatic carbocycles. The molecule has 0 saturated carbocycles. The van der Waals surface area contributed by atoms with Gasteiger partial charge in [-0.1, -0.05) is 12.1 Å². The van der Waals surface area contributed by atoms with E-state index in [9.17, 15) is 9.90 Å². The van der Waals surface area contributed by atoms with Crippen molar-refractivity contribution in [2.24, 2.45) is 0 Å². The average Bonchev–Trinajstić information content (AvgIpc) is 2.99. The predicted molar refractivity (Wildman–Crippen MR) is 86.9 cm³/mol. The van der Waals surface area contributed by atoms with Gasteiger partial charge in [0, 0.05) is 18.0 Å². The summed E-state index contributed by atoms with van der Waals surface area (Å²) >= 11 is 1.67. The van der Waals surface area contributed by atoms with Crippen molar-refractivity contribution in [1.82, 2.24) is 9.80 Å². The summed E-state index contributed by atoms with van der Waals surface area (Å²) in [5, 5.41) is 9.56. The van der Waals surface area contributed by atoms with Gasteiger partial charge in [-0.3, -0.25) is 9.69 Å². The first-order chi connectivity index (χ1) is 10.1. The van der Waals surface area contributed by atoms with E-state index in [4.69, 9.17) is 0 Å². The fourth-order valence-corrected chi connectivity index (χ4v) is 3.21. The summed E-state index contributed by atoms with van der Waals surface area (Å²) in [5.41, 5.74) is 0.851. The van der Waals surface area contributed by atoms with Gasteiger partial charge in [0.2, 0.25) is 0 Å². The molecule has 1 atom stereocenters. The van der Waals surface area contributed by atoms with E-state index in [-0.39, 0.29) is 0 Å². The number of carboxylic acids is 1. The van der Waals surface area contributed by atoms with Crippen molar-refractivity contribution in [3.8, 4) is 0 Å². The van der Waals surface area contributed by atoms with Crippen LogP contribution in [0.1, 0.15) is 24.4 Å². The second-order valence-electron chi connectivity index (χ2n) is 5.54. The van der Waals surface area contributed by atoms with Gasteiger partial charge >= 0.3 is 5.97 Å². The fraction of sp³-hybridized carbons (Fsp3) is 0.562. The van der Waals surface area contributed by atoms with Crippen molar-refractivity contribution in [1.29, 1.82) is 0 Å². The molecule has 0 radical (unpaired) electrons. The standard InChI is InChI=1S/C16H24N2O2S/c1-17(11-12-18-9-3-4-10-18)15(16(19)20)13-5-7-14(21-2)8-6-13/h5-8,15H,3-4,9-12H2,1-2H3,(H,19,20)/t15-/m0/s1. The zero-order chi connectivity index (χ0) is 15.2. The summed E-state index contributed by atoms with van der Waals surface area (Å²) in [7, 11) is 1.90. The fourth-order valence-electron chi connectivity index (χ4n) is 2.81. The lowest BCUT2D eigenvalue weighted by Gasteiger charge is -2.27. The number of nitrogens with zero attached hydrogens (tertiary/aromatic N) is 2. The number of likely N-dealkylation sites (N-methyl/N-ethyl adjacent to an activating group) is 1. The van der Waals surface area contributed by atoms with Crippen LogP contribution in [0.4, 0.5) is 0 Å². The third-order valence-corrected chi connectivity index (χ3v) is 4.82. The Morgan fingerprint density at radius 2 is 1.95 bits per heavy atom. The van der Waals surface area contributed by atoms with Crippen LogP contribution in [0.3, 0.4) is 0 Å². The van der Waals surface area contributed by atoms with Gasteiger partial charge in [-0.15, -0.1) is 11.8 Å². The van der Waals surface area contributed by atoms with Crippen LogP contribution in [-0.4, -0.2) is 60.4 Å². The molecule has 1 fully saturated rings. The zero-order valence-corrected chi connectivity index (χ0v) is 13.6. The van der Waals surface area contributed by atoms with Crippen LogP contribution in [0.5, 0.6) is 0 Å². The van der Waals surface area contributed by atoms with Crippen LogP contribution in [0.2, 0.25) is 0 Å². The first-order valence-corrected chi connectivity index (χ1v) is 8.63. The van der Waals surface area contributed by atoms with Crippen LogP contribution in [0.25, 0.3) is 0 Å². The molecule has 0 aromatic heterocycles. The second kappa shape index (κ2) is 7.82. The molecule has 116 valence electrons. The summed E-state index contributed by atoms with van der Waals surface area (Å²) in [4.78, 5) is 17.1. The van der Waals surface area contributed by atoms with Crippen LogP contribution < -0.4 is 0 Å². The van der Waals surface area contributed by atoms with Gasteiger partial charge < -0.3 is 10.0 Å². The molecule has 0 amide bonds. The van der Waals surface area contributed by atoms with Crippen LogP contribution >= 0.6 is 11.8 Å². The number of hydrogen-bond donors (Lipinski definition) is 1. The highest BCUT2D eigenvalue weighted by atomic mass is 32.2. The maximum absolute atomic E-state index is 11.6. The van der Waals surface area contributed by atoms with E-state index in [1.807, 2.05) is 42.5 Å². The molecule has 1 saturated heterocycles. The SMILES string of the molecule is CSc1ccc([C@@H](C(=O)O)N(C)CCN2CCCC2)cc1. The van der Waals surface area contributed by atoms with Crippen molar-refractivity contribution >= 4 is 17.7 Å². The van der Waals surface area contributed by atoms with Crippen molar-refractivity contribution in [3.05, 3.63) is 29.8 Å². The summed E-state index contributed by atoms with van der Waals surface area (Å²) in [6.07, 6.45) is 4.55. The van der Waals surface area contributed by atoms with E-state index in [0.29, 0.717) is 0 Å². The van der Waals surface area contributed by atoms with Gasteiger partial charge in [0.25, 0.3) is 0 Å². The smallest absolute Gasteiger partial charge is 0.325 e. The van der Waals surface area contributed by atoms with Crippen molar-refractivity contribution in [2.45, 2.75) is 23.8 Å². The van der Waals surface area contributed by atoms with Crippen LogP contribution in [-0.2, 0) is 4.79 Å². The number of hydrogen-bond acceptors (Lipinski definition) is 4. The quantitative estimate of drug-likeness (QED) is 0.784. The molecule has 1 aromatic carbocycles. The number of likely N-dealkylation sites (tertiary alicyclic amines) is 1. The van der Waals surface area contributed by atoms with Crippen molar-refractivity contribution in [3.63, 3.8) is 0 Å². The third kappa shape index (κ3) is 4.46. The lowest BCUT2D eigenvalue weighted by atomic mass is 10.1. The minimum absolute atomic E-state index is 0.566. The topological polar surface area (TPSA) is 43.8 Å². The van der Waals surface area contributed by atoms with Crippen LogP contribution in [0.15, 0.2) is 29.2 Å². The molecule has 21 heavy (non-hydrogen) atoms. The molecule has 2 rings (SSSR count). The van der Waals surface area contributed by atoms with Gasteiger partial charge in [0.05, 0.1) is 0 Å². The first-order valence-electron chi connectivity index (χ1n) is 7.41. The summed E-state index contributed by atoms with van der Waals surface area (Å²) in [5.74, 6) is -0.782. The molecule has 0 bridgehead atoms. The van der Waals surface area contributed by atoms with E-state index < -0.39 is 12.0 Å². The molecule has 4 nitrogen and oxygen atoms in total. The molecular weight excluding hydrogens is 284 g/mol. The normalized spacial score (nSPS) is 17.3. The molecule has 1 aliphatic rings. The lowest BCUT2D eigenvalue weighted by molar-refractivity contribution is -0.143. The van der Waals surface area contributed by atoms with Gasteiger partial charge in [-0.05, 0) is 56.9 Å². The maximum Gasteiger partial charge on any atom is 0.325 e. The minimum atomic E-state index is -0.782. The van der Waals surface area contributed by atoms with Gasteiger partial charge in [0.1, 0.15) is 6.04 Å².